The number of hydrogen-bond acceptors (Lipinski definition) is 3. The van der Waals surface area contributed by atoms with Crippen molar-refractivity contribution in [3.05, 3.63) is 55.2 Å². The van der Waals surface area contributed by atoms with E-state index < -0.39 is 0 Å². The molecule has 4 nitrogen and oxygen atoms in total. The molecule has 18 heavy (non-hydrogen) atoms. The van der Waals surface area contributed by atoms with Gasteiger partial charge in [0.05, 0.1) is 9.90 Å². The third-order valence-electron chi connectivity index (χ3n) is 2.37. The third-order valence-corrected chi connectivity index (χ3v) is 3.60. The fourth-order valence-electron chi connectivity index (χ4n) is 1.50. The Balaban J connectivity index is 1.97. The van der Waals surface area contributed by atoms with Crippen molar-refractivity contribution in [3.63, 3.8) is 0 Å². The van der Waals surface area contributed by atoms with E-state index in [-0.39, 0.29) is 5.56 Å². The van der Waals surface area contributed by atoms with Crippen molar-refractivity contribution in [2.75, 3.05) is 11.9 Å². The number of nitrogens with zero attached hydrogens (tertiary/aromatic N) is 2. The van der Waals surface area contributed by atoms with E-state index in [9.17, 15) is 4.79 Å². The summed E-state index contributed by atoms with van der Waals surface area (Å²) in [6.45, 7) is 1.27. The Kier molecular flexibility index (Phi) is 4.76. The number of anilines is 1. The molecule has 0 amide bonds. The van der Waals surface area contributed by atoms with E-state index in [0.717, 1.165) is 10.2 Å². The molecule has 6 heteroatoms. The van der Waals surface area contributed by atoms with Crippen molar-refractivity contribution >= 4 is 44.2 Å². The lowest BCUT2D eigenvalue weighted by atomic mass is 10.3. The van der Waals surface area contributed by atoms with Gasteiger partial charge in [-0.15, -0.1) is 0 Å². The summed E-state index contributed by atoms with van der Waals surface area (Å²) in [5.41, 5.74) is 1.03. The average molecular weight is 420 g/mol. The van der Waals surface area contributed by atoms with E-state index in [1.165, 1.54) is 0 Å². The Labute approximate surface area is 127 Å². The molecule has 0 unspecified atom stereocenters. The summed E-state index contributed by atoms with van der Waals surface area (Å²) in [6, 6.07) is 7.92. The van der Waals surface area contributed by atoms with Gasteiger partial charge in [0.15, 0.2) is 0 Å². The number of benzene rings is 1. The largest absolute Gasteiger partial charge is 0.383 e. The van der Waals surface area contributed by atoms with E-state index in [1.54, 1.807) is 17.1 Å². The summed E-state index contributed by atoms with van der Waals surface area (Å²) in [7, 11) is 0. The van der Waals surface area contributed by atoms with Crippen LogP contribution in [0.15, 0.2) is 46.1 Å². The Morgan fingerprint density at radius 3 is 3.06 bits per heavy atom. The van der Waals surface area contributed by atoms with E-state index in [4.69, 9.17) is 0 Å². The maximum Gasteiger partial charge on any atom is 0.266 e. The van der Waals surface area contributed by atoms with Gasteiger partial charge >= 0.3 is 0 Å². The van der Waals surface area contributed by atoms with Gasteiger partial charge in [-0.3, -0.25) is 9.36 Å². The fourth-order valence-corrected chi connectivity index (χ4v) is 2.37. The zero-order valence-corrected chi connectivity index (χ0v) is 13.2. The van der Waals surface area contributed by atoms with Crippen LogP contribution in [0.5, 0.6) is 0 Å². The number of rotatable bonds is 4. The van der Waals surface area contributed by atoms with Crippen molar-refractivity contribution in [2.24, 2.45) is 0 Å². The maximum atomic E-state index is 11.7. The summed E-state index contributed by atoms with van der Waals surface area (Å²) in [5, 5.41) is 3.26. The van der Waals surface area contributed by atoms with Crippen LogP contribution < -0.4 is 10.9 Å². The highest BCUT2D eigenvalue weighted by Crippen LogP contribution is 2.15. The molecule has 1 heterocycles. The molecule has 0 aliphatic carbocycles. The van der Waals surface area contributed by atoms with Crippen LogP contribution in [0.1, 0.15) is 0 Å². The van der Waals surface area contributed by atoms with Crippen molar-refractivity contribution in [1.82, 2.24) is 9.55 Å². The SMILES string of the molecule is O=c1c(I)cncn1CCNc1cccc(Br)c1. The van der Waals surface area contributed by atoms with Gasteiger partial charge in [0.1, 0.15) is 0 Å². The lowest BCUT2D eigenvalue weighted by molar-refractivity contribution is 0.676. The Morgan fingerprint density at radius 2 is 2.28 bits per heavy atom. The van der Waals surface area contributed by atoms with Gasteiger partial charge in [-0.05, 0) is 40.8 Å². The second kappa shape index (κ2) is 6.33. The first-order chi connectivity index (χ1) is 8.66. The number of nitrogens with one attached hydrogen (secondary N) is 1. The highest BCUT2D eigenvalue weighted by molar-refractivity contribution is 14.1. The van der Waals surface area contributed by atoms with Gasteiger partial charge in [-0.25, -0.2) is 4.98 Å². The molecule has 2 rings (SSSR count). The molecule has 94 valence electrons. The predicted molar refractivity (Wildman–Crippen MR) is 83.8 cm³/mol. The van der Waals surface area contributed by atoms with Crippen LogP contribution in [0.4, 0.5) is 5.69 Å². The van der Waals surface area contributed by atoms with Crippen LogP contribution >= 0.6 is 38.5 Å². The topological polar surface area (TPSA) is 46.9 Å². The minimum Gasteiger partial charge on any atom is -0.383 e. The second-order valence-electron chi connectivity index (χ2n) is 3.68. The van der Waals surface area contributed by atoms with Crippen LogP contribution in [0.25, 0.3) is 0 Å². The molecule has 0 fully saturated rings. The van der Waals surface area contributed by atoms with Crippen molar-refractivity contribution in [3.8, 4) is 0 Å². The van der Waals surface area contributed by atoms with Gasteiger partial charge in [0, 0.05) is 29.4 Å². The first-order valence-electron chi connectivity index (χ1n) is 5.36. The summed E-state index contributed by atoms with van der Waals surface area (Å²) >= 11 is 5.41. The summed E-state index contributed by atoms with van der Waals surface area (Å²) < 4.78 is 3.27. The molecule has 0 aliphatic rings. The van der Waals surface area contributed by atoms with E-state index in [2.05, 4.69) is 26.2 Å². The molecule has 0 saturated carbocycles. The van der Waals surface area contributed by atoms with Crippen LogP contribution in [-0.4, -0.2) is 16.1 Å². The first kappa shape index (κ1) is 13.5. The molecule has 0 spiro atoms. The standard InChI is InChI=1S/C12H11BrIN3O/c13-9-2-1-3-10(6-9)16-4-5-17-8-15-7-11(14)12(17)18/h1-3,6-8,16H,4-5H2. The number of halogens is 2. The van der Waals surface area contributed by atoms with Crippen LogP contribution in [0.2, 0.25) is 0 Å². The Bertz CT molecular complexity index is 600. The quantitative estimate of drug-likeness (QED) is 0.775. The third kappa shape index (κ3) is 3.55. The Morgan fingerprint density at radius 1 is 1.44 bits per heavy atom. The minimum absolute atomic E-state index is 0.00152. The van der Waals surface area contributed by atoms with Crippen molar-refractivity contribution < 1.29 is 0 Å². The Hall–Kier alpha value is -0.890. The molecule has 2 aromatic rings. The van der Waals surface area contributed by atoms with Gasteiger partial charge < -0.3 is 5.32 Å². The van der Waals surface area contributed by atoms with Gasteiger partial charge in [-0.1, -0.05) is 22.0 Å². The number of aromatic nitrogens is 2. The maximum absolute atomic E-state index is 11.7. The summed E-state index contributed by atoms with van der Waals surface area (Å²) in [5.74, 6) is 0. The van der Waals surface area contributed by atoms with Gasteiger partial charge in [0.25, 0.3) is 5.56 Å². The predicted octanol–water partition coefficient (Wildman–Crippen LogP) is 2.72. The molecule has 1 N–H and O–H groups in total. The normalized spacial score (nSPS) is 10.3. The van der Waals surface area contributed by atoms with Crippen LogP contribution in [-0.2, 0) is 6.54 Å². The number of hydrogen-bond donors (Lipinski definition) is 1. The highest BCUT2D eigenvalue weighted by atomic mass is 127. The molecule has 0 saturated heterocycles. The average Bonchev–Trinajstić information content (AvgIpc) is 2.35. The fraction of sp³-hybridized carbons (Fsp3) is 0.167. The van der Waals surface area contributed by atoms with E-state index >= 15 is 0 Å². The molecule has 0 bridgehead atoms. The van der Waals surface area contributed by atoms with Gasteiger partial charge in [-0.2, -0.15) is 0 Å². The molecule has 0 radical (unpaired) electrons. The first-order valence-corrected chi connectivity index (χ1v) is 7.23. The monoisotopic (exact) mass is 419 g/mol. The molecule has 1 aromatic heterocycles. The zero-order valence-electron chi connectivity index (χ0n) is 9.44. The smallest absolute Gasteiger partial charge is 0.266 e. The van der Waals surface area contributed by atoms with Crippen molar-refractivity contribution in [1.29, 1.82) is 0 Å². The molecular formula is C12H11BrIN3O. The van der Waals surface area contributed by atoms with Crippen LogP contribution in [0, 0.1) is 3.57 Å². The lowest BCUT2D eigenvalue weighted by Crippen LogP contribution is -2.25. The molecule has 0 atom stereocenters. The molecular weight excluding hydrogens is 409 g/mol. The second-order valence-corrected chi connectivity index (χ2v) is 5.76. The van der Waals surface area contributed by atoms with E-state index in [1.807, 2.05) is 46.9 Å². The lowest BCUT2D eigenvalue weighted by Gasteiger charge is -2.08. The zero-order chi connectivity index (χ0) is 13.0. The van der Waals surface area contributed by atoms with Gasteiger partial charge in [0.2, 0.25) is 0 Å². The van der Waals surface area contributed by atoms with E-state index in [0.29, 0.717) is 16.7 Å². The highest BCUT2D eigenvalue weighted by Gasteiger charge is 2.00. The van der Waals surface area contributed by atoms with Crippen molar-refractivity contribution in [2.45, 2.75) is 6.54 Å². The molecule has 0 aliphatic heterocycles. The van der Waals surface area contributed by atoms with Crippen LogP contribution in [0.3, 0.4) is 0 Å². The minimum atomic E-state index is 0.00152. The molecule has 1 aromatic carbocycles. The summed E-state index contributed by atoms with van der Waals surface area (Å²) in [6.07, 6.45) is 3.13. The summed E-state index contributed by atoms with van der Waals surface area (Å²) in [4.78, 5) is 15.8.